The van der Waals surface area contributed by atoms with Crippen molar-refractivity contribution in [1.82, 2.24) is 5.32 Å². The van der Waals surface area contributed by atoms with Crippen LogP contribution in [0, 0.1) is 10.1 Å². The lowest BCUT2D eigenvalue weighted by molar-refractivity contribution is -0.384. The highest BCUT2D eigenvalue weighted by Crippen LogP contribution is 2.38. The number of amidine groups is 1. The van der Waals surface area contributed by atoms with E-state index >= 15 is 0 Å². The Morgan fingerprint density at radius 3 is 2.69 bits per heavy atom. The molecular formula is C20H18ClN3O5. The zero-order valence-electron chi connectivity index (χ0n) is 15.5. The first-order valence-electron chi connectivity index (χ1n) is 8.69. The highest BCUT2D eigenvalue weighted by Gasteiger charge is 2.36. The number of cyclic esters (lactones) is 1. The first-order valence-corrected chi connectivity index (χ1v) is 8.69. The van der Waals surface area contributed by atoms with Crippen LogP contribution in [-0.2, 0) is 16.1 Å². The maximum Gasteiger partial charge on any atom is 0.338 e. The summed E-state index contributed by atoms with van der Waals surface area (Å²) in [5.74, 6) is 0.914. The number of nitro groups is 1. The Hall–Kier alpha value is -3.39. The molecule has 9 heteroatoms. The minimum atomic E-state index is -0.501. The van der Waals surface area contributed by atoms with Crippen molar-refractivity contribution in [2.24, 2.45) is 4.99 Å². The van der Waals surface area contributed by atoms with Crippen LogP contribution < -0.4 is 10.1 Å². The van der Waals surface area contributed by atoms with Crippen LogP contribution in [0.15, 0.2) is 64.8 Å². The number of nitrogens with one attached hydrogen (secondary N) is 1. The molecule has 2 aromatic carbocycles. The third-order valence-corrected chi connectivity index (χ3v) is 4.58. The van der Waals surface area contributed by atoms with Gasteiger partial charge < -0.3 is 14.8 Å². The molecule has 0 amide bonds. The number of benzene rings is 2. The third-order valence-electron chi connectivity index (χ3n) is 4.58. The monoisotopic (exact) mass is 415 g/mol. The van der Waals surface area contributed by atoms with Crippen molar-refractivity contribution in [2.45, 2.75) is 19.6 Å². The summed E-state index contributed by atoms with van der Waals surface area (Å²) in [4.78, 5) is 27.1. The Morgan fingerprint density at radius 1 is 1.24 bits per heavy atom. The topological polar surface area (TPSA) is 103 Å². The summed E-state index contributed by atoms with van der Waals surface area (Å²) >= 11 is 0. The van der Waals surface area contributed by atoms with Crippen LogP contribution in [0.3, 0.4) is 0 Å². The number of non-ortho nitro benzene ring substituents is 1. The molecule has 2 aliphatic heterocycles. The predicted octanol–water partition coefficient (Wildman–Crippen LogP) is 3.47. The van der Waals surface area contributed by atoms with Crippen molar-refractivity contribution in [3.63, 3.8) is 0 Å². The number of halogens is 1. The minimum Gasteiger partial charge on any atom is -0.489 e. The van der Waals surface area contributed by atoms with Crippen LogP contribution in [0.1, 0.15) is 24.1 Å². The van der Waals surface area contributed by atoms with E-state index in [0.717, 1.165) is 16.8 Å². The molecule has 2 aromatic rings. The summed E-state index contributed by atoms with van der Waals surface area (Å²) in [6.07, 6.45) is 0. The largest absolute Gasteiger partial charge is 0.489 e. The molecule has 1 atom stereocenters. The fraction of sp³-hybridized carbons (Fsp3) is 0.200. The first kappa shape index (κ1) is 20.3. The number of ether oxygens (including phenoxy) is 2. The molecule has 0 saturated carbocycles. The Bertz CT molecular complexity index is 1020. The van der Waals surface area contributed by atoms with E-state index in [1.165, 1.54) is 12.1 Å². The quantitative estimate of drug-likeness (QED) is 0.455. The number of hydrogen-bond donors (Lipinski definition) is 1. The molecule has 0 spiro atoms. The Kier molecular flexibility index (Phi) is 5.84. The summed E-state index contributed by atoms with van der Waals surface area (Å²) in [6.45, 7) is 2.28. The van der Waals surface area contributed by atoms with Crippen molar-refractivity contribution in [1.29, 1.82) is 0 Å². The Balaban J connectivity index is 0.00000240. The molecule has 1 N–H and O–H groups in total. The fourth-order valence-electron chi connectivity index (χ4n) is 3.24. The maximum absolute atomic E-state index is 12.2. The molecule has 1 unspecified atom stereocenters. The number of hydrogen-bond acceptors (Lipinski definition) is 7. The molecule has 0 saturated heterocycles. The average molecular weight is 416 g/mol. The number of nitro benzene ring substituents is 1. The summed E-state index contributed by atoms with van der Waals surface area (Å²) in [6, 6.07) is 13.1. The smallest absolute Gasteiger partial charge is 0.338 e. The summed E-state index contributed by atoms with van der Waals surface area (Å²) < 4.78 is 11.1. The SMILES string of the molecule is CC1=NC(c2ccccc2OCc2ccc([N+](=O)[O-])cc2)C2=C(COC2=O)N1.Cl. The van der Waals surface area contributed by atoms with Gasteiger partial charge in [0.15, 0.2) is 0 Å². The highest BCUT2D eigenvalue weighted by molar-refractivity contribution is 5.97. The lowest BCUT2D eigenvalue weighted by Gasteiger charge is -2.23. The van der Waals surface area contributed by atoms with E-state index in [4.69, 9.17) is 9.47 Å². The number of para-hydroxylation sites is 1. The van der Waals surface area contributed by atoms with Crippen LogP contribution in [0.25, 0.3) is 0 Å². The van der Waals surface area contributed by atoms with Crippen LogP contribution in [0.2, 0.25) is 0 Å². The average Bonchev–Trinajstić information content (AvgIpc) is 3.07. The molecule has 0 aliphatic carbocycles. The predicted molar refractivity (Wildman–Crippen MR) is 108 cm³/mol. The number of carbonyl (C=O) groups is 1. The molecule has 8 nitrogen and oxygen atoms in total. The van der Waals surface area contributed by atoms with Crippen molar-refractivity contribution in [3.05, 3.63) is 81.0 Å². The number of aliphatic imine (C=N–C) groups is 1. The van der Waals surface area contributed by atoms with E-state index in [9.17, 15) is 14.9 Å². The van der Waals surface area contributed by atoms with Gasteiger partial charge in [0, 0.05) is 17.7 Å². The fourth-order valence-corrected chi connectivity index (χ4v) is 3.24. The van der Waals surface area contributed by atoms with Gasteiger partial charge in [0.2, 0.25) is 0 Å². The van der Waals surface area contributed by atoms with Gasteiger partial charge in [0.1, 0.15) is 25.0 Å². The van der Waals surface area contributed by atoms with E-state index in [1.807, 2.05) is 31.2 Å². The molecule has 0 radical (unpaired) electrons. The zero-order chi connectivity index (χ0) is 19.7. The summed E-state index contributed by atoms with van der Waals surface area (Å²) in [5, 5.41) is 13.9. The molecule has 0 aromatic heterocycles. The molecule has 0 fully saturated rings. The summed E-state index contributed by atoms with van der Waals surface area (Å²) in [5.41, 5.74) is 2.81. The molecule has 29 heavy (non-hydrogen) atoms. The van der Waals surface area contributed by atoms with Gasteiger partial charge >= 0.3 is 5.97 Å². The van der Waals surface area contributed by atoms with E-state index in [-0.39, 0.29) is 37.3 Å². The molecule has 4 rings (SSSR count). The van der Waals surface area contributed by atoms with Gasteiger partial charge in [-0.1, -0.05) is 18.2 Å². The Labute approximate surface area is 172 Å². The number of rotatable bonds is 5. The number of nitrogens with zero attached hydrogens (tertiary/aromatic N) is 2. The van der Waals surface area contributed by atoms with E-state index in [1.54, 1.807) is 12.1 Å². The van der Waals surface area contributed by atoms with Crippen LogP contribution in [0.5, 0.6) is 5.75 Å². The van der Waals surface area contributed by atoms with Crippen molar-refractivity contribution in [3.8, 4) is 5.75 Å². The number of esters is 1. The molecule has 0 bridgehead atoms. The molecule has 2 heterocycles. The Morgan fingerprint density at radius 2 is 1.97 bits per heavy atom. The third kappa shape index (κ3) is 4.07. The van der Waals surface area contributed by atoms with Gasteiger partial charge in [-0.15, -0.1) is 12.4 Å². The number of carbonyl (C=O) groups excluding carboxylic acids is 1. The van der Waals surface area contributed by atoms with E-state index < -0.39 is 11.0 Å². The molecular weight excluding hydrogens is 398 g/mol. The van der Waals surface area contributed by atoms with Gasteiger partial charge in [-0.3, -0.25) is 15.1 Å². The minimum absolute atomic E-state index is 0. The van der Waals surface area contributed by atoms with Gasteiger partial charge in [-0.2, -0.15) is 0 Å². The van der Waals surface area contributed by atoms with Crippen molar-refractivity contribution >= 4 is 29.9 Å². The lowest BCUT2D eigenvalue weighted by atomic mass is 9.96. The van der Waals surface area contributed by atoms with Gasteiger partial charge in [0.05, 0.1) is 22.0 Å². The summed E-state index contributed by atoms with van der Waals surface area (Å²) in [7, 11) is 0. The van der Waals surface area contributed by atoms with Crippen molar-refractivity contribution < 1.29 is 19.2 Å². The second-order valence-electron chi connectivity index (χ2n) is 6.46. The standard InChI is InChI=1S/C20H17N3O5.ClH/c1-12-21-16-11-28-20(24)18(16)19(22-12)15-4-2-3-5-17(15)27-10-13-6-8-14(9-7-13)23(25)26;/h2-9,19H,10-11H2,1H3,(H,21,22);1H. The van der Waals surface area contributed by atoms with Crippen LogP contribution in [0.4, 0.5) is 5.69 Å². The van der Waals surface area contributed by atoms with Crippen LogP contribution >= 0.6 is 12.4 Å². The van der Waals surface area contributed by atoms with E-state index in [0.29, 0.717) is 17.2 Å². The van der Waals surface area contributed by atoms with Crippen molar-refractivity contribution in [2.75, 3.05) is 6.61 Å². The zero-order valence-corrected chi connectivity index (χ0v) is 16.3. The first-order chi connectivity index (χ1) is 13.5. The molecule has 150 valence electrons. The van der Waals surface area contributed by atoms with E-state index in [2.05, 4.69) is 10.3 Å². The second-order valence-corrected chi connectivity index (χ2v) is 6.46. The highest BCUT2D eigenvalue weighted by atomic mass is 35.5. The second kappa shape index (κ2) is 8.32. The maximum atomic E-state index is 12.2. The van der Waals surface area contributed by atoms with Gasteiger partial charge in [-0.25, -0.2) is 4.79 Å². The van der Waals surface area contributed by atoms with Gasteiger partial charge in [0.25, 0.3) is 5.69 Å². The normalized spacial score (nSPS) is 17.5. The van der Waals surface area contributed by atoms with Crippen LogP contribution in [-0.4, -0.2) is 23.3 Å². The van der Waals surface area contributed by atoms with Gasteiger partial charge in [-0.05, 0) is 30.7 Å². The molecule has 2 aliphatic rings. The lowest BCUT2D eigenvalue weighted by Crippen LogP contribution is -2.28.